The molecule has 8 nitrogen and oxygen atoms in total. The summed E-state index contributed by atoms with van der Waals surface area (Å²) in [5, 5.41) is 9.09. The van der Waals surface area contributed by atoms with Crippen LogP contribution < -0.4 is 0 Å². The van der Waals surface area contributed by atoms with Gasteiger partial charge in [-0.1, -0.05) is 60.8 Å². The number of fused-ring (bicyclic) bond motifs is 1. The monoisotopic (exact) mass is 568 g/mol. The minimum absolute atomic E-state index is 0.0239. The van der Waals surface area contributed by atoms with Gasteiger partial charge in [0.25, 0.3) is 0 Å². The summed E-state index contributed by atoms with van der Waals surface area (Å²) in [5.74, 6) is -2.37. The van der Waals surface area contributed by atoms with Crippen LogP contribution in [-0.4, -0.2) is 87.6 Å². The maximum Gasteiger partial charge on any atom is 0.312 e. The lowest BCUT2D eigenvalue weighted by molar-refractivity contribution is -0.154. The highest BCUT2D eigenvalue weighted by Crippen LogP contribution is 2.60. The Morgan fingerprint density at radius 3 is 2.67 bits per heavy atom. The average molecular weight is 570 g/mol. The molecule has 7 atom stereocenters. The van der Waals surface area contributed by atoms with Crippen molar-refractivity contribution >= 4 is 33.7 Å². The largest absolute Gasteiger partial charge is 0.461 e. The van der Waals surface area contributed by atoms with Crippen molar-refractivity contribution in [3.8, 4) is 0 Å². The number of esters is 1. The molecule has 3 saturated heterocycles. The third-order valence-electron chi connectivity index (χ3n) is 7.79. The van der Waals surface area contributed by atoms with Crippen molar-refractivity contribution in [2.24, 2.45) is 11.8 Å². The highest BCUT2D eigenvalue weighted by Gasteiger charge is 2.77. The Morgan fingerprint density at radius 2 is 2.03 bits per heavy atom. The van der Waals surface area contributed by atoms with Crippen molar-refractivity contribution in [3.05, 3.63) is 25.3 Å². The normalized spacial score (nSPS) is 31.3. The fourth-order valence-corrected chi connectivity index (χ4v) is 7.20. The summed E-state index contributed by atoms with van der Waals surface area (Å²) in [6, 6.07) is -0.835. The number of aliphatic hydroxyl groups excluding tert-OH is 1. The zero-order chi connectivity index (χ0) is 26.5. The van der Waals surface area contributed by atoms with E-state index in [1.165, 1.54) is 6.08 Å². The highest BCUT2D eigenvalue weighted by molar-refractivity contribution is 9.09. The third-order valence-corrected chi connectivity index (χ3v) is 8.64. The minimum Gasteiger partial charge on any atom is -0.461 e. The number of alkyl halides is 1. The van der Waals surface area contributed by atoms with Crippen LogP contribution in [0, 0.1) is 11.8 Å². The van der Waals surface area contributed by atoms with Gasteiger partial charge in [-0.05, 0) is 32.6 Å². The molecule has 3 heterocycles. The molecule has 3 rings (SSSR count). The topological polar surface area (TPSA) is 96.4 Å². The van der Waals surface area contributed by atoms with E-state index < -0.39 is 35.6 Å². The fourth-order valence-electron chi connectivity index (χ4n) is 6.26. The number of rotatable bonds is 15. The van der Waals surface area contributed by atoms with Gasteiger partial charge in [0.1, 0.15) is 18.2 Å². The van der Waals surface area contributed by atoms with Gasteiger partial charge in [0.2, 0.25) is 11.8 Å². The van der Waals surface area contributed by atoms with Crippen LogP contribution in [0.2, 0.25) is 0 Å². The van der Waals surface area contributed by atoms with Crippen LogP contribution in [0.5, 0.6) is 0 Å². The predicted molar refractivity (Wildman–Crippen MR) is 140 cm³/mol. The Morgan fingerprint density at radius 1 is 1.31 bits per heavy atom. The first-order valence-electron chi connectivity index (χ1n) is 13.2. The molecule has 0 aliphatic carbocycles. The van der Waals surface area contributed by atoms with Gasteiger partial charge in [0, 0.05) is 30.6 Å². The summed E-state index contributed by atoms with van der Waals surface area (Å²) < 4.78 is 11.9. The Labute approximate surface area is 223 Å². The Hall–Kier alpha value is -1.71. The van der Waals surface area contributed by atoms with Gasteiger partial charge in [-0.25, -0.2) is 0 Å². The summed E-state index contributed by atoms with van der Waals surface area (Å²) in [7, 11) is 0. The molecule has 3 fully saturated rings. The zero-order valence-corrected chi connectivity index (χ0v) is 23.2. The molecule has 202 valence electrons. The molecule has 4 unspecified atom stereocenters. The van der Waals surface area contributed by atoms with Crippen molar-refractivity contribution in [3.63, 3.8) is 0 Å². The number of amides is 2. The van der Waals surface area contributed by atoms with Crippen LogP contribution >= 0.6 is 15.9 Å². The van der Waals surface area contributed by atoms with Crippen molar-refractivity contribution in [2.45, 2.75) is 87.4 Å². The molecule has 0 aromatic carbocycles. The second kappa shape index (κ2) is 12.7. The summed E-state index contributed by atoms with van der Waals surface area (Å²) >= 11 is 3.68. The standard InChI is InChI=1S/C27H41BrN2O6/c1-5-12-18(4)29(13-6-2)25(33)23-27-17-19(28)22(36-27)20(26(34)35-16-7-3)21(27)24(32)30(23)14-10-8-9-11-15-31/h6-7,18-23,31H,2-3,5,8-17H2,1,4H3/t18?,19?,20-,21+,22-,23?,27?/m1/s1. The molecule has 36 heavy (non-hydrogen) atoms. The SMILES string of the molecule is C=CCOC(=O)[C@H]1[C@@H]2OC3(CC2Br)C(C(=O)N(CC=C)C(C)CCC)N(CCCCCCO)C(=O)[C@H]13. The van der Waals surface area contributed by atoms with E-state index in [1.54, 1.807) is 15.9 Å². The molecule has 0 aromatic heterocycles. The van der Waals surface area contributed by atoms with Crippen molar-refractivity contribution < 1.29 is 29.0 Å². The quantitative estimate of drug-likeness (QED) is 0.141. The van der Waals surface area contributed by atoms with Gasteiger partial charge in [0.05, 0.1) is 17.9 Å². The molecule has 3 aliphatic heterocycles. The molecule has 0 aromatic rings. The second-order valence-corrected chi connectivity index (χ2v) is 11.3. The molecular weight excluding hydrogens is 528 g/mol. The molecule has 1 spiro atoms. The summed E-state index contributed by atoms with van der Waals surface area (Å²) in [5.41, 5.74) is -1.08. The Bertz CT molecular complexity index is 837. The number of likely N-dealkylation sites (tertiary alicyclic amines) is 1. The Kier molecular flexibility index (Phi) is 10.2. The number of ether oxygens (including phenoxy) is 2. The first-order chi connectivity index (χ1) is 17.3. The smallest absolute Gasteiger partial charge is 0.312 e. The maximum atomic E-state index is 14.2. The van der Waals surface area contributed by atoms with Crippen LogP contribution in [0.4, 0.5) is 0 Å². The average Bonchev–Trinajstić information content (AvgIpc) is 3.44. The van der Waals surface area contributed by atoms with Gasteiger partial charge >= 0.3 is 5.97 Å². The molecule has 1 N–H and O–H groups in total. The minimum atomic E-state index is -1.08. The molecule has 0 saturated carbocycles. The number of aliphatic hydroxyl groups is 1. The van der Waals surface area contributed by atoms with E-state index in [1.807, 2.05) is 6.92 Å². The number of hydrogen-bond donors (Lipinski definition) is 1. The van der Waals surface area contributed by atoms with Crippen molar-refractivity contribution in [1.29, 1.82) is 0 Å². The maximum absolute atomic E-state index is 14.2. The predicted octanol–water partition coefficient (Wildman–Crippen LogP) is 3.22. The van der Waals surface area contributed by atoms with Crippen molar-refractivity contribution in [2.75, 3.05) is 26.3 Å². The van der Waals surface area contributed by atoms with Crippen molar-refractivity contribution in [1.82, 2.24) is 9.80 Å². The molecule has 2 amide bonds. The van der Waals surface area contributed by atoms with Crippen LogP contribution in [0.15, 0.2) is 25.3 Å². The number of hydrogen-bond acceptors (Lipinski definition) is 6. The molecule has 9 heteroatoms. The summed E-state index contributed by atoms with van der Waals surface area (Å²) in [4.78, 5) is 44.6. The van der Waals surface area contributed by atoms with E-state index >= 15 is 0 Å². The van der Waals surface area contributed by atoms with Crippen LogP contribution in [0.3, 0.4) is 0 Å². The third kappa shape index (κ3) is 5.29. The number of unbranched alkanes of at least 4 members (excludes halogenated alkanes) is 3. The molecule has 3 aliphatic rings. The van der Waals surface area contributed by atoms with Gasteiger partial charge in [-0.2, -0.15) is 0 Å². The fraction of sp³-hybridized carbons (Fsp3) is 0.741. The number of carbonyl (C=O) groups excluding carboxylic acids is 3. The van der Waals surface area contributed by atoms with Gasteiger partial charge in [-0.15, -0.1) is 6.58 Å². The molecule has 0 radical (unpaired) electrons. The second-order valence-electron chi connectivity index (χ2n) is 10.2. The highest BCUT2D eigenvalue weighted by atomic mass is 79.9. The first-order valence-corrected chi connectivity index (χ1v) is 14.1. The lowest BCUT2D eigenvalue weighted by Gasteiger charge is -2.39. The van der Waals surface area contributed by atoms with Crippen LogP contribution in [0.1, 0.15) is 58.8 Å². The van der Waals surface area contributed by atoms with Crippen LogP contribution in [-0.2, 0) is 23.9 Å². The summed E-state index contributed by atoms with van der Waals surface area (Å²) in [6.07, 6.45) is 8.00. The van der Waals surface area contributed by atoms with E-state index in [0.717, 1.165) is 25.7 Å². The number of nitrogens with zero attached hydrogens (tertiary/aromatic N) is 2. The van der Waals surface area contributed by atoms with Gasteiger partial charge < -0.3 is 24.4 Å². The van der Waals surface area contributed by atoms with E-state index in [-0.39, 0.29) is 35.9 Å². The van der Waals surface area contributed by atoms with E-state index in [2.05, 4.69) is 36.0 Å². The van der Waals surface area contributed by atoms with E-state index in [0.29, 0.717) is 32.4 Å². The van der Waals surface area contributed by atoms with Crippen LogP contribution in [0.25, 0.3) is 0 Å². The Balaban J connectivity index is 1.98. The van der Waals surface area contributed by atoms with E-state index in [4.69, 9.17) is 14.6 Å². The van der Waals surface area contributed by atoms with E-state index in [9.17, 15) is 14.4 Å². The molecular formula is C27H41BrN2O6. The number of halogens is 1. The summed E-state index contributed by atoms with van der Waals surface area (Å²) in [6.45, 7) is 12.5. The molecule has 2 bridgehead atoms. The lowest BCUT2D eigenvalue weighted by Crippen LogP contribution is -2.58. The zero-order valence-electron chi connectivity index (χ0n) is 21.6. The van der Waals surface area contributed by atoms with Gasteiger partial charge in [0.15, 0.2) is 0 Å². The first kappa shape index (κ1) is 28.9. The number of carbonyl (C=O) groups is 3. The van der Waals surface area contributed by atoms with Gasteiger partial charge in [-0.3, -0.25) is 14.4 Å². The lowest BCUT2D eigenvalue weighted by atomic mass is 9.70.